The molecule has 1 aliphatic heterocycles. The molecule has 304 valence electrons. The highest BCUT2D eigenvalue weighted by Gasteiger charge is 2.55. The van der Waals surface area contributed by atoms with E-state index in [2.05, 4.69) is 242 Å². The van der Waals surface area contributed by atoms with Crippen molar-refractivity contribution in [1.29, 1.82) is 0 Å². The highest BCUT2D eigenvalue weighted by molar-refractivity contribution is 7.25. The summed E-state index contributed by atoms with van der Waals surface area (Å²) in [5.74, 6) is 0.480. The van der Waals surface area contributed by atoms with E-state index in [1.54, 1.807) is 0 Å². The van der Waals surface area contributed by atoms with Gasteiger partial charge in [-0.1, -0.05) is 166 Å². The Morgan fingerprint density at radius 2 is 1.16 bits per heavy atom. The molecule has 2 nitrogen and oxygen atoms in total. The summed E-state index contributed by atoms with van der Waals surface area (Å²) in [6.07, 6.45) is 12.0. The Morgan fingerprint density at radius 1 is 0.469 bits per heavy atom. The summed E-state index contributed by atoms with van der Waals surface area (Å²) in [5, 5.41) is 5.16. The lowest BCUT2D eigenvalue weighted by Gasteiger charge is -2.56. The summed E-state index contributed by atoms with van der Waals surface area (Å²) in [5.41, 5.74) is 17.2. The molecule has 3 unspecified atom stereocenters. The standard InChI is InChI=1S/C61H44N2S/c1-39-16-14-29-59-61(39)40(2)30-33-48(43-31-34-56-52(37-43)49-23-8-11-26-54(49)62(56)45-32-35-58-53(38-45)50-24-10-13-28-57(50)64-58)60(61)51-25-9-12-27-55(51)63(59)44-20-15-19-42(36-44)47-22-7-6-21-46(47)41-17-4-3-5-18-41/h3-40H,1-2H3. The number of allylic oxidation sites excluding steroid dienone is 7. The molecule has 3 atom stereocenters. The van der Waals surface area contributed by atoms with Crippen LogP contribution in [0.25, 0.3) is 81.1 Å². The van der Waals surface area contributed by atoms with Crippen LogP contribution >= 0.6 is 11.3 Å². The van der Waals surface area contributed by atoms with Crippen LogP contribution in [0.5, 0.6) is 0 Å². The zero-order chi connectivity index (χ0) is 42.5. The predicted octanol–water partition coefficient (Wildman–Crippen LogP) is 16.8. The van der Waals surface area contributed by atoms with Crippen LogP contribution in [0, 0.1) is 17.3 Å². The minimum Gasteiger partial charge on any atom is -0.313 e. The largest absolute Gasteiger partial charge is 0.313 e. The van der Waals surface area contributed by atoms with E-state index in [1.807, 2.05) is 11.3 Å². The van der Waals surface area contributed by atoms with Gasteiger partial charge in [-0.15, -0.1) is 11.3 Å². The van der Waals surface area contributed by atoms with Gasteiger partial charge in [-0.25, -0.2) is 0 Å². The lowest BCUT2D eigenvalue weighted by atomic mass is 9.53. The third-order valence-corrected chi connectivity index (χ3v) is 15.6. The van der Waals surface area contributed by atoms with Crippen molar-refractivity contribution in [2.75, 3.05) is 4.90 Å². The molecule has 64 heavy (non-hydrogen) atoms. The summed E-state index contributed by atoms with van der Waals surface area (Å²) in [6.45, 7) is 4.86. The zero-order valence-electron chi connectivity index (χ0n) is 35.7. The van der Waals surface area contributed by atoms with E-state index >= 15 is 0 Å². The van der Waals surface area contributed by atoms with Gasteiger partial charge in [-0.2, -0.15) is 0 Å². The van der Waals surface area contributed by atoms with Gasteiger partial charge >= 0.3 is 0 Å². The molecule has 10 aromatic rings. The van der Waals surface area contributed by atoms with Crippen LogP contribution in [0.2, 0.25) is 0 Å². The molecule has 3 aliphatic rings. The lowest BCUT2D eigenvalue weighted by molar-refractivity contribution is 0.280. The number of benzene rings is 8. The fourth-order valence-electron chi connectivity index (χ4n) is 11.6. The number of aromatic nitrogens is 1. The normalized spacial score (nSPS) is 19.0. The highest BCUT2D eigenvalue weighted by atomic mass is 32.1. The van der Waals surface area contributed by atoms with Crippen molar-refractivity contribution in [2.24, 2.45) is 17.3 Å². The summed E-state index contributed by atoms with van der Waals surface area (Å²) >= 11 is 1.87. The first-order valence-electron chi connectivity index (χ1n) is 22.5. The van der Waals surface area contributed by atoms with Crippen LogP contribution < -0.4 is 4.90 Å². The van der Waals surface area contributed by atoms with E-state index in [1.165, 1.54) is 109 Å². The summed E-state index contributed by atoms with van der Waals surface area (Å²) in [7, 11) is 0. The molecule has 13 rings (SSSR count). The number of rotatable bonds is 5. The molecule has 0 saturated heterocycles. The van der Waals surface area contributed by atoms with Crippen LogP contribution in [-0.2, 0) is 0 Å². The first kappa shape index (κ1) is 37.1. The number of nitrogens with zero attached hydrogens (tertiary/aromatic N) is 2. The molecule has 0 amide bonds. The van der Waals surface area contributed by atoms with E-state index in [0.29, 0.717) is 0 Å². The van der Waals surface area contributed by atoms with Gasteiger partial charge in [0.15, 0.2) is 0 Å². The molecular formula is C61H44N2S. The number of thiophene rings is 1. The minimum absolute atomic E-state index is 0.240. The fraction of sp³-hybridized carbons (Fsp3) is 0.0820. The predicted molar refractivity (Wildman–Crippen MR) is 274 cm³/mol. The van der Waals surface area contributed by atoms with E-state index in [9.17, 15) is 0 Å². The van der Waals surface area contributed by atoms with Crippen molar-refractivity contribution in [3.8, 4) is 27.9 Å². The average molecular weight is 837 g/mol. The Bertz CT molecular complexity index is 3660. The molecule has 1 spiro atoms. The third-order valence-electron chi connectivity index (χ3n) is 14.4. The Labute approximate surface area is 377 Å². The Hall–Kier alpha value is -7.46. The first-order valence-corrected chi connectivity index (χ1v) is 23.3. The van der Waals surface area contributed by atoms with Crippen molar-refractivity contribution >= 4 is 75.8 Å². The second-order valence-electron chi connectivity index (χ2n) is 17.7. The Morgan fingerprint density at radius 3 is 2.03 bits per heavy atom. The molecule has 3 heteroatoms. The van der Waals surface area contributed by atoms with Gasteiger partial charge in [-0.3, -0.25) is 0 Å². The van der Waals surface area contributed by atoms with Crippen molar-refractivity contribution in [2.45, 2.75) is 13.8 Å². The van der Waals surface area contributed by atoms with Gasteiger partial charge in [0.2, 0.25) is 0 Å². The monoisotopic (exact) mass is 836 g/mol. The van der Waals surface area contributed by atoms with Gasteiger partial charge in [0.1, 0.15) is 0 Å². The van der Waals surface area contributed by atoms with Crippen LogP contribution in [0.4, 0.5) is 11.4 Å². The SMILES string of the molecule is CC1C=CC=C2N(c3cccc(-c4ccccc4-c4ccccc4)c3)c3ccccc3C3=C(c4ccc5c(c4)c4ccccc4n5-c4ccc5sc6ccccc6c5c4)C=CC(C)C231. The summed E-state index contributed by atoms with van der Waals surface area (Å²) in [6, 6.07) is 69.8. The molecule has 0 radical (unpaired) electrons. The zero-order valence-corrected chi connectivity index (χ0v) is 36.6. The molecule has 2 aliphatic carbocycles. The molecule has 0 saturated carbocycles. The molecule has 3 heterocycles. The van der Waals surface area contributed by atoms with Crippen LogP contribution in [-0.4, -0.2) is 4.57 Å². The second kappa shape index (κ2) is 14.3. The summed E-state index contributed by atoms with van der Waals surface area (Å²) in [4.78, 5) is 2.57. The maximum atomic E-state index is 2.57. The maximum Gasteiger partial charge on any atom is 0.0541 e. The van der Waals surface area contributed by atoms with Gasteiger partial charge < -0.3 is 9.47 Å². The van der Waals surface area contributed by atoms with Crippen LogP contribution in [0.15, 0.2) is 224 Å². The van der Waals surface area contributed by atoms with Crippen molar-refractivity contribution in [3.05, 3.63) is 235 Å². The third kappa shape index (κ3) is 5.31. The number of hydrogen-bond acceptors (Lipinski definition) is 2. The molecule has 8 aromatic carbocycles. The molecule has 0 fully saturated rings. The fourth-order valence-corrected chi connectivity index (χ4v) is 12.7. The van der Waals surface area contributed by atoms with Gasteiger partial charge in [-0.05, 0) is 118 Å². The van der Waals surface area contributed by atoms with Crippen LogP contribution in [0.1, 0.15) is 25.0 Å². The Kier molecular flexibility index (Phi) is 8.29. The molecular weight excluding hydrogens is 793 g/mol. The van der Waals surface area contributed by atoms with E-state index < -0.39 is 0 Å². The maximum absolute atomic E-state index is 2.57. The molecule has 0 N–H and O–H groups in total. The number of para-hydroxylation sites is 2. The van der Waals surface area contributed by atoms with Gasteiger partial charge in [0.05, 0.1) is 16.7 Å². The van der Waals surface area contributed by atoms with E-state index in [4.69, 9.17) is 0 Å². The van der Waals surface area contributed by atoms with E-state index in [-0.39, 0.29) is 17.3 Å². The topological polar surface area (TPSA) is 8.17 Å². The van der Waals surface area contributed by atoms with E-state index in [0.717, 1.165) is 0 Å². The quantitative estimate of drug-likeness (QED) is 0.168. The number of anilines is 2. The Balaban J connectivity index is 1.01. The number of fused-ring (bicyclic) bond motifs is 8. The minimum atomic E-state index is -0.313. The van der Waals surface area contributed by atoms with Crippen molar-refractivity contribution in [1.82, 2.24) is 4.57 Å². The average Bonchev–Trinajstić information content (AvgIpc) is 3.89. The highest BCUT2D eigenvalue weighted by Crippen LogP contribution is 2.65. The van der Waals surface area contributed by atoms with Crippen molar-refractivity contribution in [3.63, 3.8) is 0 Å². The molecule has 2 aromatic heterocycles. The summed E-state index contributed by atoms with van der Waals surface area (Å²) < 4.78 is 5.12. The van der Waals surface area contributed by atoms with Crippen molar-refractivity contribution < 1.29 is 0 Å². The first-order chi connectivity index (χ1) is 31.6. The smallest absolute Gasteiger partial charge is 0.0541 e. The second-order valence-corrected chi connectivity index (χ2v) is 18.8. The lowest BCUT2D eigenvalue weighted by Crippen LogP contribution is -2.48. The molecule has 0 bridgehead atoms. The van der Waals surface area contributed by atoms with Crippen LogP contribution in [0.3, 0.4) is 0 Å². The number of hydrogen-bond donors (Lipinski definition) is 0. The van der Waals surface area contributed by atoms with Gasteiger partial charge in [0.25, 0.3) is 0 Å². The van der Waals surface area contributed by atoms with Gasteiger partial charge in [0, 0.05) is 59.0 Å².